The Labute approximate surface area is 154 Å². The van der Waals surface area contributed by atoms with Crippen LogP contribution in [0, 0.1) is 0 Å². The number of hydrogen-bond donors (Lipinski definition) is 2. The van der Waals surface area contributed by atoms with Gasteiger partial charge in [0.25, 0.3) is 0 Å². The summed E-state index contributed by atoms with van der Waals surface area (Å²) in [4.78, 5) is 16.1. The van der Waals surface area contributed by atoms with Gasteiger partial charge in [-0.15, -0.1) is 0 Å². The first kappa shape index (κ1) is 17.9. The Balaban J connectivity index is 1.97. The van der Waals surface area contributed by atoms with Crippen molar-refractivity contribution in [2.24, 2.45) is 0 Å². The van der Waals surface area contributed by atoms with Crippen LogP contribution < -0.4 is 5.32 Å². The number of anilines is 1. The normalized spacial score (nSPS) is 11.9. The topological polar surface area (TPSA) is 97.5 Å². The van der Waals surface area contributed by atoms with Crippen LogP contribution in [-0.2, 0) is 4.74 Å². The lowest BCUT2D eigenvalue weighted by atomic mass is 10.1. The van der Waals surface area contributed by atoms with Crippen LogP contribution in [0.1, 0.15) is 22.1 Å². The molecule has 0 amide bonds. The highest BCUT2D eigenvalue weighted by Crippen LogP contribution is 2.31. The number of aromatic nitrogens is 2. The molecule has 1 aromatic carbocycles. The Kier molecular flexibility index (Phi) is 5.50. The number of carboxylic acids is 1. The monoisotopic (exact) mass is 373 g/mol. The summed E-state index contributed by atoms with van der Waals surface area (Å²) in [5.41, 5.74) is 1.19. The predicted octanol–water partition coefficient (Wildman–Crippen LogP) is 3.89. The average molecular weight is 374 g/mol. The number of carboxylic acid groups (broad SMARTS) is 1. The summed E-state index contributed by atoms with van der Waals surface area (Å²) in [6.45, 7) is 0.277. The molecule has 0 aliphatic carbocycles. The number of carbonyl (C=O) groups is 1. The zero-order valence-electron chi connectivity index (χ0n) is 13.8. The van der Waals surface area contributed by atoms with Crippen LogP contribution in [0.2, 0.25) is 5.02 Å². The lowest BCUT2D eigenvalue weighted by Gasteiger charge is -2.17. The molecular weight excluding hydrogens is 358 g/mol. The molecule has 26 heavy (non-hydrogen) atoms. The van der Waals surface area contributed by atoms with Gasteiger partial charge in [0.05, 0.1) is 18.3 Å². The first-order valence-electron chi connectivity index (χ1n) is 7.75. The molecule has 2 heterocycles. The first-order valence-corrected chi connectivity index (χ1v) is 8.13. The van der Waals surface area contributed by atoms with Gasteiger partial charge in [0.1, 0.15) is 0 Å². The van der Waals surface area contributed by atoms with E-state index < -0.39 is 5.97 Å². The summed E-state index contributed by atoms with van der Waals surface area (Å²) in [6, 6.07) is 11.7. The molecule has 7 nitrogen and oxygen atoms in total. The molecule has 0 saturated heterocycles. The molecule has 2 N–H and O–H groups in total. The second-order valence-corrected chi connectivity index (χ2v) is 5.89. The van der Waals surface area contributed by atoms with Crippen molar-refractivity contribution < 1.29 is 19.2 Å². The zero-order valence-corrected chi connectivity index (χ0v) is 14.6. The maximum Gasteiger partial charge on any atom is 0.343 e. The number of rotatable bonds is 7. The number of benzene rings is 1. The van der Waals surface area contributed by atoms with E-state index >= 15 is 0 Å². The fourth-order valence-corrected chi connectivity index (χ4v) is 2.63. The maximum absolute atomic E-state index is 11.8. The summed E-state index contributed by atoms with van der Waals surface area (Å²) in [5, 5.41) is 17.1. The van der Waals surface area contributed by atoms with Crippen LogP contribution in [0.3, 0.4) is 0 Å². The Bertz CT molecular complexity index is 881. The first-order chi connectivity index (χ1) is 12.6. The number of pyridine rings is 1. The Hall–Kier alpha value is -2.90. The fourth-order valence-electron chi connectivity index (χ4n) is 2.50. The number of methoxy groups -OCH3 is 1. The van der Waals surface area contributed by atoms with E-state index in [2.05, 4.69) is 15.5 Å². The van der Waals surface area contributed by atoms with Gasteiger partial charge in [-0.1, -0.05) is 22.8 Å². The van der Waals surface area contributed by atoms with Crippen molar-refractivity contribution in [1.29, 1.82) is 0 Å². The quantitative estimate of drug-likeness (QED) is 0.648. The molecule has 0 fully saturated rings. The molecule has 134 valence electrons. The lowest BCUT2D eigenvalue weighted by Crippen LogP contribution is -2.19. The average Bonchev–Trinajstić information content (AvgIpc) is 3.06. The van der Waals surface area contributed by atoms with Gasteiger partial charge < -0.3 is 19.7 Å². The van der Waals surface area contributed by atoms with Gasteiger partial charge in [-0.2, -0.15) is 0 Å². The molecule has 0 spiro atoms. The molecular formula is C18H16ClN3O4. The van der Waals surface area contributed by atoms with E-state index in [4.69, 9.17) is 20.9 Å². The zero-order chi connectivity index (χ0) is 18.5. The van der Waals surface area contributed by atoms with E-state index in [1.54, 1.807) is 43.6 Å². The molecule has 0 aliphatic heterocycles. The molecule has 0 aliphatic rings. The molecule has 0 bridgehead atoms. The SMILES string of the molecule is COCC(Nc1noc(-c2ccc(Cl)cc2)c1C(=O)O)c1ccccn1. The highest BCUT2D eigenvalue weighted by Gasteiger charge is 2.26. The fraction of sp³-hybridized carbons (Fsp3) is 0.167. The number of ether oxygens (including phenoxy) is 1. The van der Waals surface area contributed by atoms with E-state index in [1.807, 2.05) is 12.1 Å². The van der Waals surface area contributed by atoms with Crippen molar-refractivity contribution in [1.82, 2.24) is 10.1 Å². The second-order valence-electron chi connectivity index (χ2n) is 5.45. The highest BCUT2D eigenvalue weighted by molar-refractivity contribution is 6.30. The third-order valence-electron chi connectivity index (χ3n) is 3.70. The summed E-state index contributed by atoms with van der Waals surface area (Å²) in [5.74, 6) is -0.903. The molecule has 3 aromatic rings. The minimum Gasteiger partial charge on any atom is -0.477 e. The van der Waals surface area contributed by atoms with Gasteiger partial charge in [0.15, 0.2) is 17.1 Å². The Morgan fingerprint density at radius 1 is 1.31 bits per heavy atom. The van der Waals surface area contributed by atoms with E-state index in [0.29, 0.717) is 16.3 Å². The number of nitrogens with zero attached hydrogens (tertiary/aromatic N) is 2. The molecule has 1 atom stereocenters. The molecule has 0 radical (unpaired) electrons. The molecule has 0 saturated carbocycles. The Morgan fingerprint density at radius 2 is 2.08 bits per heavy atom. The van der Waals surface area contributed by atoms with Crippen LogP contribution in [0.15, 0.2) is 53.2 Å². The van der Waals surface area contributed by atoms with E-state index in [-0.39, 0.29) is 29.8 Å². The minimum absolute atomic E-state index is 0.0654. The molecule has 3 rings (SSSR count). The van der Waals surface area contributed by atoms with Gasteiger partial charge in [-0.25, -0.2) is 4.79 Å². The number of aromatic carboxylic acids is 1. The van der Waals surface area contributed by atoms with E-state index in [0.717, 1.165) is 0 Å². The summed E-state index contributed by atoms with van der Waals surface area (Å²) in [6.07, 6.45) is 1.65. The van der Waals surface area contributed by atoms with Crippen molar-refractivity contribution in [2.75, 3.05) is 19.0 Å². The minimum atomic E-state index is -1.16. The van der Waals surface area contributed by atoms with Gasteiger partial charge in [-0.3, -0.25) is 4.98 Å². The number of hydrogen-bond acceptors (Lipinski definition) is 6. The van der Waals surface area contributed by atoms with Gasteiger partial charge in [0.2, 0.25) is 0 Å². The second kappa shape index (κ2) is 7.99. The van der Waals surface area contributed by atoms with Gasteiger partial charge in [0, 0.05) is 23.9 Å². The van der Waals surface area contributed by atoms with Crippen LogP contribution in [0.4, 0.5) is 5.82 Å². The molecule has 8 heteroatoms. The third-order valence-corrected chi connectivity index (χ3v) is 3.95. The highest BCUT2D eigenvalue weighted by atomic mass is 35.5. The molecule has 1 unspecified atom stereocenters. The van der Waals surface area contributed by atoms with Crippen LogP contribution in [0.5, 0.6) is 0 Å². The van der Waals surface area contributed by atoms with Crippen molar-refractivity contribution in [3.8, 4) is 11.3 Å². The van der Waals surface area contributed by atoms with Crippen molar-refractivity contribution in [2.45, 2.75) is 6.04 Å². The van der Waals surface area contributed by atoms with Crippen LogP contribution in [-0.4, -0.2) is 34.9 Å². The van der Waals surface area contributed by atoms with E-state index in [9.17, 15) is 9.90 Å². The summed E-state index contributed by atoms with van der Waals surface area (Å²) in [7, 11) is 1.55. The Morgan fingerprint density at radius 3 is 2.69 bits per heavy atom. The van der Waals surface area contributed by atoms with Crippen molar-refractivity contribution >= 4 is 23.4 Å². The van der Waals surface area contributed by atoms with Crippen LogP contribution in [0.25, 0.3) is 11.3 Å². The van der Waals surface area contributed by atoms with Crippen molar-refractivity contribution in [3.05, 3.63) is 64.9 Å². The lowest BCUT2D eigenvalue weighted by molar-refractivity contribution is 0.0698. The van der Waals surface area contributed by atoms with E-state index in [1.165, 1.54) is 0 Å². The number of halogens is 1. The standard InChI is InChI=1S/C18H16ClN3O4/c1-25-10-14(13-4-2-3-9-20-13)21-17-15(18(23)24)16(26-22-17)11-5-7-12(19)8-6-11/h2-9,14H,10H2,1H3,(H,21,22)(H,23,24). The maximum atomic E-state index is 11.8. The molecule has 2 aromatic heterocycles. The summed E-state index contributed by atoms with van der Waals surface area (Å²) < 4.78 is 10.5. The summed E-state index contributed by atoms with van der Waals surface area (Å²) >= 11 is 5.88. The largest absolute Gasteiger partial charge is 0.477 e. The number of nitrogens with one attached hydrogen (secondary N) is 1. The van der Waals surface area contributed by atoms with Gasteiger partial charge in [-0.05, 0) is 36.4 Å². The predicted molar refractivity (Wildman–Crippen MR) is 96.4 cm³/mol. The third kappa shape index (κ3) is 3.84. The smallest absolute Gasteiger partial charge is 0.343 e. The van der Waals surface area contributed by atoms with Crippen LogP contribution >= 0.6 is 11.6 Å². The van der Waals surface area contributed by atoms with Gasteiger partial charge >= 0.3 is 5.97 Å². The van der Waals surface area contributed by atoms with Crippen molar-refractivity contribution in [3.63, 3.8) is 0 Å².